The summed E-state index contributed by atoms with van der Waals surface area (Å²) in [5.74, 6) is 0.418. The molecule has 1 aliphatic heterocycles. The Morgan fingerprint density at radius 2 is 2.24 bits per heavy atom. The number of hydrogen-bond acceptors (Lipinski definition) is 2. The van der Waals surface area contributed by atoms with Gasteiger partial charge in [0.15, 0.2) is 0 Å². The lowest BCUT2D eigenvalue weighted by atomic mass is 9.89. The van der Waals surface area contributed by atoms with E-state index in [9.17, 15) is 0 Å². The van der Waals surface area contributed by atoms with Crippen LogP contribution in [0.1, 0.15) is 18.9 Å². The van der Waals surface area contributed by atoms with E-state index in [1.54, 1.807) is 6.07 Å². The highest BCUT2D eigenvalue weighted by atomic mass is 35.5. The molecule has 1 aliphatic rings. The van der Waals surface area contributed by atoms with E-state index < -0.39 is 0 Å². The molecule has 3 atom stereocenters. The maximum absolute atomic E-state index is 6.24. The molecule has 17 heavy (non-hydrogen) atoms. The summed E-state index contributed by atoms with van der Waals surface area (Å²) in [6, 6.07) is 5.65. The summed E-state index contributed by atoms with van der Waals surface area (Å²) in [5, 5.41) is 1.35. The van der Waals surface area contributed by atoms with Gasteiger partial charge < -0.3 is 10.5 Å². The van der Waals surface area contributed by atoms with Gasteiger partial charge in [-0.15, -0.1) is 0 Å². The van der Waals surface area contributed by atoms with Gasteiger partial charge in [-0.1, -0.05) is 29.3 Å². The van der Waals surface area contributed by atoms with Crippen molar-refractivity contribution in [1.29, 1.82) is 0 Å². The Labute approximate surface area is 112 Å². The van der Waals surface area contributed by atoms with Crippen LogP contribution in [-0.4, -0.2) is 18.8 Å². The number of nitrogens with two attached hydrogens (primary N) is 1. The standard InChI is InChI=1S/C13H17Cl2NO/c1-8-11(4-5-17-8)13(16)6-9-2-3-10(14)7-12(9)15/h2-3,7-8,11,13H,4-6,16H2,1H3. The molecule has 1 fully saturated rings. The van der Waals surface area contributed by atoms with Crippen LogP contribution < -0.4 is 5.73 Å². The monoisotopic (exact) mass is 273 g/mol. The highest BCUT2D eigenvalue weighted by Crippen LogP contribution is 2.27. The van der Waals surface area contributed by atoms with Gasteiger partial charge in [0.05, 0.1) is 6.10 Å². The normalized spacial score (nSPS) is 26.1. The van der Waals surface area contributed by atoms with E-state index in [4.69, 9.17) is 33.7 Å². The first-order valence-corrected chi connectivity index (χ1v) is 6.64. The Morgan fingerprint density at radius 1 is 1.47 bits per heavy atom. The van der Waals surface area contributed by atoms with Crippen molar-refractivity contribution in [2.45, 2.75) is 31.9 Å². The summed E-state index contributed by atoms with van der Waals surface area (Å²) in [7, 11) is 0. The predicted octanol–water partition coefficient (Wildman–Crippen LogP) is 3.29. The third-order valence-corrected chi connectivity index (χ3v) is 4.04. The molecule has 94 valence electrons. The molecule has 1 aromatic rings. The van der Waals surface area contributed by atoms with Gasteiger partial charge >= 0.3 is 0 Å². The van der Waals surface area contributed by atoms with E-state index in [1.807, 2.05) is 12.1 Å². The average Bonchev–Trinajstić information content (AvgIpc) is 2.68. The van der Waals surface area contributed by atoms with Crippen LogP contribution in [0, 0.1) is 5.92 Å². The van der Waals surface area contributed by atoms with E-state index >= 15 is 0 Å². The zero-order valence-corrected chi connectivity index (χ0v) is 11.3. The number of ether oxygens (including phenoxy) is 1. The third kappa shape index (κ3) is 3.14. The van der Waals surface area contributed by atoms with Crippen LogP contribution in [0.2, 0.25) is 10.0 Å². The molecule has 2 rings (SSSR count). The largest absolute Gasteiger partial charge is 0.378 e. The molecule has 1 heterocycles. The lowest BCUT2D eigenvalue weighted by Crippen LogP contribution is -2.36. The van der Waals surface area contributed by atoms with Crippen LogP contribution >= 0.6 is 23.2 Å². The van der Waals surface area contributed by atoms with Crippen molar-refractivity contribution in [3.63, 3.8) is 0 Å². The quantitative estimate of drug-likeness (QED) is 0.918. The smallest absolute Gasteiger partial charge is 0.0590 e. The number of rotatable bonds is 3. The summed E-state index contributed by atoms with van der Waals surface area (Å²) in [5.41, 5.74) is 7.29. The van der Waals surface area contributed by atoms with Crippen molar-refractivity contribution >= 4 is 23.2 Å². The Hall–Kier alpha value is -0.280. The Bertz CT molecular complexity index is 397. The van der Waals surface area contributed by atoms with Gasteiger partial charge in [0.25, 0.3) is 0 Å². The van der Waals surface area contributed by atoms with E-state index in [1.165, 1.54) is 0 Å². The van der Waals surface area contributed by atoms with Crippen molar-refractivity contribution in [2.24, 2.45) is 11.7 Å². The molecule has 0 aromatic heterocycles. The molecule has 0 aliphatic carbocycles. The topological polar surface area (TPSA) is 35.2 Å². The third-order valence-electron chi connectivity index (χ3n) is 3.46. The number of hydrogen-bond donors (Lipinski definition) is 1. The molecular weight excluding hydrogens is 257 g/mol. The second-order valence-electron chi connectivity index (χ2n) is 4.63. The minimum absolute atomic E-state index is 0.0891. The van der Waals surface area contributed by atoms with Crippen LogP contribution in [0.4, 0.5) is 0 Å². The molecule has 4 heteroatoms. The zero-order chi connectivity index (χ0) is 12.4. The molecule has 2 N–H and O–H groups in total. The summed E-state index contributed by atoms with van der Waals surface area (Å²) in [6.45, 7) is 2.90. The lowest BCUT2D eigenvalue weighted by Gasteiger charge is -2.22. The first-order valence-electron chi connectivity index (χ1n) is 5.89. The van der Waals surface area contributed by atoms with E-state index in [0.717, 1.165) is 25.0 Å². The van der Waals surface area contributed by atoms with E-state index in [0.29, 0.717) is 16.0 Å². The number of halogens is 2. The van der Waals surface area contributed by atoms with Crippen LogP contribution in [-0.2, 0) is 11.2 Å². The summed E-state index contributed by atoms with van der Waals surface area (Å²) in [6.07, 6.45) is 2.05. The van der Waals surface area contributed by atoms with Crippen molar-refractivity contribution < 1.29 is 4.74 Å². The molecule has 0 spiro atoms. The average molecular weight is 274 g/mol. The van der Waals surface area contributed by atoms with Crippen molar-refractivity contribution in [3.05, 3.63) is 33.8 Å². The van der Waals surface area contributed by atoms with E-state index in [-0.39, 0.29) is 12.1 Å². The molecule has 0 bridgehead atoms. The predicted molar refractivity (Wildman–Crippen MR) is 71.7 cm³/mol. The Morgan fingerprint density at radius 3 is 2.82 bits per heavy atom. The van der Waals surface area contributed by atoms with Gasteiger partial charge in [0.1, 0.15) is 0 Å². The van der Waals surface area contributed by atoms with Gasteiger partial charge in [0.2, 0.25) is 0 Å². The first-order chi connectivity index (χ1) is 8.08. The van der Waals surface area contributed by atoms with Gasteiger partial charge in [-0.05, 0) is 37.5 Å². The summed E-state index contributed by atoms with van der Waals surface area (Å²) >= 11 is 12.0. The van der Waals surface area contributed by atoms with Crippen molar-refractivity contribution in [1.82, 2.24) is 0 Å². The van der Waals surface area contributed by atoms with Crippen LogP contribution in [0.15, 0.2) is 18.2 Å². The maximum Gasteiger partial charge on any atom is 0.0590 e. The van der Waals surface area contributed by atoms with Crippen LogP contribution in [0.3, 0.4) is 0 Å². The lowest BCUT2D eigenvalue weighted by molar-refractivity contribution is 0.0995. The van der Waals surface area contributed by atoms with Gasteiger partial charge in [-0.2, -0.15) is 0 Å². The van der Waals surface area contributed by atoms with Gasteiger partial charge in [0, 0.05) is 28.6 Å². The Kier molecular flexibility index (Phi) is 4.31. The first kappa shape index (κ1) is 13.2. The fourth-order valence-corrected chi connectivity index (χ4v) is 2.89. The maximum atomic E-state index is 6.24. The van der Waals surface area contributed by atoms with Gasteiger partial charge in [-0.3, -0.25) is 0 Å². The molecule has 0 saturated carbocycles. The summed E-state index contributed by atoms with van der Waals surface area (Å²) in [4.78, 5) is 0. The molecule has 0 radical (unpaired) electrons. The second-order valence-corrected chi connectivity index (χ2v) is 5.48. The number of benzene rings is 1. The van der Waals surface area contributed by atoms with Crippen LogP contribution in [0.25, 0.3) is 0 Å². The summed E-state index contributed by atoms with van der Waals surface area (Å²) < 4.78 is 5.54. The minimum Gasteiger partial charge on any atom is -0.378 e. The van der Waals surface area contributed by atoms with Crippen LogP contribution in [0.5, 0.6) is 0 Å². The Balaban J connectivity index is 2.04. The fraction of sp³-hybridized carbons (Fsp3) is 0.538. The second kappa shape index (κ2) is 5.57. The zero-order valence-electron chi connectivity index (χ0n) is 9.83. The minimum atomic E-state index is 0.0891. The molecule has 0 amide bonds. The van der Waals surface area contributed by atoms with Crippen molar-refractivity contribution in [3.8, 4) is 0 Å². The molecule has 1 aromatic carbocycles. The molecule has 2 nitrogen and oxygen atoms in total. The molecular formula is C13H17Cl2NO. The van der Waals surface area contributed by atoms with E-state index in [2.05, 4.69) is 6.92 Å². The SMILES string of the molecule is CC1OCCC1C(N)Cc1ccc(Cl)cc1Cl. The molecule has 1 saturated heterocycles. The highest BCUT2D eigenvalue weighted by molar-refractivity contribution is 6.35. The van der Waals surface area contributed by atoms with Crippen molar-refractivity contribution in [2.75, 3.05) is 6.61 Å². The highest BCUT2D eigenvalue weighted by Gasteiger charge is 2.29. The fourth-order valence-electron chi connectivity index (χ4n) is 2.40. The molecule has 3 unspecified atom stereocenters. The van der Waals surface area contributed by atoms with Gasteiger partial charge in [-0.25, -0.2) is 0 Å².